The van der Waals surface area contributed by atoms with Crippen LogP contribution in [0.3, 0.4) is 0 Å². The maximum Gasteiger partial charge on any atom is 0.254 e. The van der Waals surface area contributed by atoms with Crippen LogP contribution in [0.25, 0.3) is 11.1 Å². The van der Waals surface area contributed by atoms with Gasteiger partial charge in [0.1, 0.15) is 6.10 Å². The molecule has 4 heteroatoms. The van der Waals surface area contributed by atoms with Gasteiger partial charge in [-0.25, -0.2) is 0 Å². The Kier molecular flexibility index (Phi) is 5.18. The zero-order valence-electron chi connectivity index (χ0n) is 15.4. The van der Waals surface area contributed by atoms with Crippen molar-refractivity contribution in [3.05, 3.63) is 95.6 Å². The van der Waals surface area contributed by atoms with Gasteiger partial charge >= 0.3 is 0 Å². The van der Waals surface area contributed by atoms with E-state index in [1.807, 2.05) is 77.7 Å². The largest absolute Gasteiger partial charge is 0.370 e. The zero-order valence-corrected chi connectivity index (χ0v) is 15.4. The fourth-order valence-electron chi connectivity index (χ4n) is 3.59. The minimum atomic E-state index is -0.127. The molecule has 0 bridgehead atoms. The summed E-state index contributed by atoms with van der Waals surface area (Å²) in [5.41, 5.74) is 3.81. The first-order valence-corrected chi connectivity index (χ1v) is 9.32. The van der Waals surface area contributed by atoms with Crippen LogP contribution < -0.4 is 0 Å². The number of carbonyl (C=O) groups is 1. The third-order valence-corrected chi connectivity index (χ3v) is 5.02. The van der Waals surface area contributed by atoms with Crippen LogP contribution in [0.4, 0.5) is 0 Å². The van der Waals surface area contributed by atoms with Gasteiger partial charge in [-0.15, -0.1) is 0 Å². The molecular formula is C24H20N2O2. The first kappa shape index (κ1) is 18.0. The molecule has 138 valence electrons. The molecular weight excluding hydrogens is 348 g/mol. The number of hydrogen-bond acceptors (Lipinski definition) is 3. The second kappa shape index (κ2) is 8.08. The Balaban J connectivity index is 1.65. The lowest BCUT2D eigenvalue weighted by molar-refractivity contribution is -0.0228. The van der Waals surface area contributed by atoms with E-state index in [0.717, 1.165) is 16.7 Å². The average Bonchev–Trinajstić information content (AvgIpc) is 2.79. The molecule has 1 aliphatic rings. The van der Waals surface area contributed by atoms with Gasteiger partial charge in [0.05, 0.1) is 24.8 Å². The molecule has 4 nitrogen and oxygen atoms in total. The number of nitriles is 1. The fourth-order valence-corrected chi connectivity index (χ4v) is 3.59. The number of amides is 1. The Morgan fingerprint density at radius 3 is 2.39 bits per heavy atom. The van der Waals surface area contributed by atoms with Crippen LogP contribution in [0.15, 0.2) is 78.9 Å². The van der Waals surface area contributed by atoms with E-state index in [1.165, 1.54) is 0 Å². The van der Waals surface area contributed by atoms with E-state index in [4.69, 9.17) is 4.74 Å². The van der Waals surface area contributed by atoms with E-state index < -0.39 is 0 Å². The summed E-state index contributed by atoms with van der Waals surface area (Å²) >= 11 is 0. The summed E-state index contributed by atoms with van der Waals surface area (Å²) in [5.74, 6) is -0.0347. The first-order chi connectivity index (χ1) is 13.8. The normalized spacial score (nSPS) is 16.4. The van der Waals surface area contributed by atoms with Crippen molar-refractivity contribution < 1.29 is 9.53 Å². The summed E-state index contributed by atoms with van der Waals surface area (Å²) in [5, 5.41) is 9.46. The van der Waals surface area contributed by atoms with E-state index in [0.29, 0.717) is 30.8 Å². The molecule has 1 aliphatic heterocycles. The predicted octanol–water partition coefficient (Wildman–Crippen LogP) is 4.44. The highest BCUT2D eigenvalue weighted by atomic mass is 16.5. The van der Waals surface area contributed by atoms with Crippen molar-refractivity contribution in [3.63, 3.8) is 0 Å². The number of morpholine rings is 1. The quantitative estimate of drug-likeness (QED) is 0.687. The Bertz CT molecular complexity index is 1020. The van der Waals surface area contributed by atoms with Crippen molar-refractivity contribution in [1.29, 1.82) is 5.26 Å². The number of ether oxygens (including phenoxy) is 1. The van der Waals surface area contributed by atoms with Gasteiger partial charge in [0, 0.05) is 17.7 Å². The summed E-state index contributed by atoms with van der Waals surface area (Å²) in [6, 6.07) is 27.1. The van der Waals surface area contributed by atoms with Crippen molar-refractivity contribution in [3.8, 4) is 17.2 Å². The molecule has 1 amide bonds. The third kappa shape index (κ3) is 3.53. The molecule has 0 N–H and O–H groups in total. The van der Waals surface area contributed by atoms with E-state index in [2.05, 4.69) is 6.07 Å². The zero-order chi connectivity index (χ0) is 19.3. The molecule has 0 aromatic heterocycles. The highest BCUT2D eigenvalue weighted by Gasteiger charge is 2.27. The van der Waals surface area contributed by atoms with Crippen molar-refractivity contribution >= 4 is 5.91 Å². The number of hydrogen-bond donors (Lipinski definition) is 0. The van der Waals surface area contributed by atoms with Crippen LogP contribution in [0, 0.1) is 11.3 Å². The third-order valence-electron chi connectivity index (χ3n) is 5.02. The van der Waals surface area contributed by atoms with Gasteiger partial charge < -0.3 is 9.64 Å². The maximum absolute atomic E-state index is 13.4. The highest BCUT2D eigenvalue weighted by molar-refractivity contribution is 6.01. The van der Waals surface area contributed by atoms with Crippen LogP contribution >= 0.6 is 0 Å². The van der Waals surface area contributed by atoms with Crippen molar-refractivity contribution in [2.24, 2.45) is 0 Å². The molecule has 0 aliphatic carbocycles. The molecule has 1 heterocycles. The van der Waals surface area contributed by atoms with E-state index in [1.54, 1.807) is 6.07 Å². The second-order valence-corrected chi connectivity index (χ2v) is 6.72. The molecule has 3 aromatic rings. The Labute approximate surface area is 164 Å². The summed E-state index contributed by atoms with van der Waals surface area (Å²) < 4.78 is 5.89. The average molecular weight is 368 g/mol. The standard InChI is InChI=1S/C24H20N2O2/c25-16-19-10-4-5-11-20(19)21-12-6-7-13-22(21)24(27)26-14-15-28-23(17-26)18-8-2-1-3-9-18/h1-13,23H,14-15,17H2. The second-order valence-electron chi connectivity index (χ2n) is 6.72. The Morgan fingerprint density at radius 1 is 0.929 bits per heavy atom. The van der Waals surface area contributed by atoms with Gasteiger partial charge in [-0.3, -0.25) is 4.79 Å². The van der Waals surface area contributed by atoms with E-state index >= 15 is 0 Å². The molecule has 1 fully saturated rings. The van der Waals surface area contributed by atoms with Crippen molar-refractivity contribution in [2.75, 3.05) is 19.7 Å². The molecule has 28 heavy (non-hydrogen) atoms. The fraction of sp³-hybridized carbons (Fsp3) is 0.167. The summed E-state index contributed by atoms with van der Waals surface area (Å²) in [7, 11) is 0. The Hall–Kier alpha value is -3.42. The van der Waals surface area contributed by atoms with E-state index in [9.17, 15) is 10.1 Å². The Morgan fingerprint density at radius 2 is 1.61 bits per heavy atom. The van der Waals surface area contributed by atoms with Crippen LogP contribution in [0.1, 0.15) is 27.6 Å². The molecule has 0 radical (unpaired) electrons. The molecule has 1 atom stereocenters. The lowest BCUT2D eigenvalue weighted by Gasteiger charge is -2.33. The van der Waals surface area contributed by atoms with Gasteiger partial charge in [-0.2, -0.15) is 5.26 Å². The molecule has 3 aromatic carbocycles. The maximum atomic E-state index is 13.4. The predicted molar refractivity (Wildman–Crippen MR) is 108 cm³/mol. The molecule has 0 saturated carbocycles. The van der Waals surface area contributed by atoms with Crippen LogP contribution in [0.5, 0.6) is 0 Å². The molecule has 0 spiro atoms. The minimum Gasteiger partial charge on any atom is -0.370 e. The SMILES string of the molecule is N#Cc1ccccc1-c1ccccc1C(=O)N1CCOC(c2ccccc2)C1. The van der Waals surface area contributed by atoms with Gasteiger partial charge in [-0.1, -0.05) is 66.7 Å². The van der Waals surface area contributed by atoms with Gasteiger partial charge in [-0.05, 0) is 23.3 Å². The van der Waals surface area contributed by atoms with Crippen molar-refractivity contribution in [2.45, 2.75) is 6.10 Å². The molecule has 1 saturated heterocycles. The van der Waals surface area contributed by atoms with E-state index in [-0.39, 0.29) is 12.0 Å². The van der Waals surface area contributed by atoms with Crippen molar-refractivity contribution in [1.82, 2.24) is 4.90 Å². The highest BCUT2D eigenvalue weighted by Crippen LogP contribution is 2.29. The number of rotatable bonds is 3. The number of carbonyl (C=O) groups excluding carboxylic acids is 1. The van der Waals surface area contributed by atoms with Gasteiger partial charge in [0.25, 0.3) is 5.91 Å². The summed E-state index contributed by atoms with van der Waals surface area (Å²) in [6.07, 6.45) is -0.127. The first-order valence-electron chi connectivity index (χ1n) is 9.32. The van der Waals surface area contributed by atoms with Gasteiger partial charge in [0.15, 0.2) is 0 Å². The minimum absolute atomic E-state index is 0.0347. The topological polar surface area (TPSA) is 53.3 Å². The monoisotopic (exact) mass is 368 g/mol. The lowest BCUT2D eigenvalue weighted by Crippen LogP contribution is -2.42. The summed E-state index contributed by atoms with van der Waals surface area (Å²) in [6.45, 7) is 1.57. The van der Waals surface area contributed by atoms with Crippen LogP contribution in [-0.4, -0.2) is 30.5 Å². The lowest BCUT2D eigenvalue weighted by atomic mass is 9.95. The number of nitrogens with zero attached hydrogens (tertiary/aromatic N) is 2. The summed E-state index contributed by atoms with van der Waals surface area (Å²) in [4.78, 5) is 15.2. The van der Waals surface area contributed by atoms with Crippen LogP contribution in [-0.2, 0) is 4.74 Å². The van der Waals surface area contributed by atoms with Gasteiger partial charge in [0.2, 0.25) is 0 Å². The number of benzene rings is 3. The molecule has 4 rings (SSSR count). The van der Waals surface area contributed by atoms with Crippen LogP contribution in [0.2, 0.25) is 0 Å². The smallest absolute Gasteiger partial charge is 0.254 e. The molecule has 1 unspecified atom stereocenters.